The summed E-state index contributed by atoms with van der Waals surface area (Å²) in [7, 11) is -5.17. The first-order valence-corrected chi connectivity index (χ1v) is 2.00. The smallest absolute Gasteiger partial charge is 0.759 e. The second-order valence-corrected chi connectivity index (χ2v) is 1.22. The minimum absolute atomic E-state index is 0. The molecule has 0 radical (unpaired) electrons. The van der Waals surface area contributed by atoms with Crippen LogP contribution in [0.2, 0.25) is 0 Å². The molecule has 0 heterocycles. The minimum atomic E-state index is -5.17. The maximum atomic E-state index is 8.52. The van der Waals surface area contributed by atoms with Gasteiger partial charge in [-0.2, -0.15) is 0 Å². The van der Waals surface area contributed by atoms with Crippen molar-refractivity contribution in [3.8, 4) is 0 Å². The second-order valence-electron chi connectivity index (χ2n) is 0.408. The van der Waals surface area contributed by atoms with Crippen LogP contribution >= 0.6 is 0 Å². The van der Waals surface area contributed by atoms with Crippen molar-refractivity contribution in [2.45, 2.75) is 0 Å². The van der Waals surface area contributed by atoms with Crippen molar-refractivity contribution in [3.05, 3.63) is 0 Å². The van der Waals surface area contributed by atoms with E-state index in [1.165, 1.54) is 0 Å². The van der Waals surface area contributed by atoms with Crippen LogP contribution in [-0.4, -0.2) is 223 Å². The van der Waals surface area contributed by atoms with Crippen LogP contribution in [0.15, 0.2) is 0 Å². The summed E-state index contributed by atoms with van der Waals surface area (Å²) < 4.78 is 34.1. The molecule has 14 heteroatoms. The maximum absolute atomic E-state index is 8.52. The quantitative estimate of drug-likeness (QED) is 0.233. The Morgan fingerprint density at radius 1 is 0.643 bits per heavy atom. The second kappa shape index (κ2) is 42.7. The number of hydrogen-bond acceptors (Lipinski definition) is 4. The fourth-order valence-electron chi connectivity index (χ4n) is 0. The fraction of sp³-hybridized carbons (Fsp3) is 0. The number of rotatable bonds is 0. The van der Waals surface area contributed by atoms with Gasteiger partial charge in [0.2, 0.25) is 0 Å². The van der Waals surface area contributed by atoms with Crippen molar-refractivity contribution in [2.75, 3.05) is 0 Å². The zero-order chi connectivity index (χ0) is 4.50. The standard InChI is InChI=1S/5Ca.Na.H2O4S.3H2O/c;;;;;;1-5(2,3)4;;;/h;;;;;;(H2,1,2,3,4);3*1H2/q5*+2;+1;;;;/p-2. The normalized spacial score (nSPS) is 4.14. The first-order chi connectivity index (χ1) is 2.00. The molecular formula is H6Ca5NaO7S+9. The van der Waals surface area contributed by atoms with E-state index in [0.29, 0.717) is 0 Å². The largest absolute Gasteiger partial charge is 2.00 e. The van der Waals surface area contributed by atoms with Crippen molar-refractivity contribution in [1.29, 1.82) is 0 Å². The third-order valence-corrected chi connectivity index (χ3v) is 0. The summed E-state index contributed by atoms with van der Waals surface area (Å²) in [5.74, 6) is 0. The molecule has 0 rings (SSSR count). The molecular weight excluding hydrogens is 367 g/mol. The molecule has 0 aromatic rings. The minimum Gasteiger partial charge on any atom is -0.759 e. The van der Waals surface area contributed by atoms with E-state index in [-0.39, 0.29) is 235 Å². The summed E-state index contributed by atoms with van der Waals surface area (Å²) in [5, 5.41) is 0. The van der Waals surface area contributed by atoms with E-state index < -0.39 is 10.4 Å². The van der Waals surface area contributed by atoms with Crippen molar-refractivity contribution < 1.29 is 63.5 Å². The van der Waals surface area contributed by atoms with Crippen LogP contribution in [0.3, 0.4) is 0 Å². The van der Waals surface area contributed by atoms with Gasteiger partial charge in [0, 0.05) is 10.4 Å². The maximum Gasteiger partial charge on any atom is 2.00 e. The molecule has 0 aliphatic rings. The molecule has 56 valence electrons. The van der Waals surface area contributed by atoms with Crippen LogP contribution in [0.1, 0.15) is 0 Å². The molecule has 0 aliphatic heterocycles. The predicted octanol–water partition coefficient (Wildman–Crippen LogP) is -8.71. The van der Waals surface area contributed by atoms with Crippen LogP contribution in [0.5, 0.6) is 0 Å². The first kappa shape index (κ1) is 69.3. The summed E-state index contributed by atoms with van der Waals surface area (Å²) in [6.45, 7) is 0. The van der Waals surface area contributed by atoms with Gasteiger partial charge in [0.05, 0.1) is 0 Å². The Kier molecular flexibility index (Phi) is 212. The Morgan fingerprint density at radius 3 is 0.643 bits per heavy atom. The van der Waals surface area contributed by atoms with E-state index in [2.05, 4.69) is 0 Å². The molecule has 0 unspecified atom stereocenters. The molecule has 0 amide bonds. The summed E-state index contributed by atoms with van der Waals surface area (Å²) in [5.41, 5.74) is 0. The molecule has 0 saturated carbocycles. The zero-order valence-electron chi connectivity index (χ0n) is 8.08. The predicted molar refractivity (Wildman–Crippen MR) is 50.1 cm³/mol. The summed E-state index contributed by atoms with van der Waals surface area (Å²) >= 11 is 0. The molecule has 0 spiro atoms. The number of hydrogen-bond donors (Lipinski definition) is 0. The van der Waals surface area contributed by atoms with Crippen LogP contribution < -0.4 is 29.6 Å². The molecule has 0 fully saturated rings. The Labute approximate surface area is 254 Å². The molecule has 0 aliphatic carbocycles. The Morgan fingerprint density at radius 2 is 0.643 bits per heavy atom. The van der Waals surface area contributed by atoms with Gasteiger partial charge in [0.25, 0.3) is 0 Å². The van der Waals surface area contributed by atoms with Crippen LogP contribution in [0.4, 0.5) is 0 Å². The van der Waals surface area contributed by atoms with Gasteiger partial charge >= 0.3 is 218 Å². The van der Waals surface area contributed by atoms with E-state index in [4.69, 9.17) is 17.5 Å². The average molecular weight is 373 g/mol. The van der Waals surface area contributed by atoms with Crippen LogP contribution in [-0.2, 0) is 10.4 Å². The first-order valence-electron chi connectivity index (χ1n) is 0.667. The van der Waals surface area contributed by atoms with Crippen LogP contribution in [0.25, 0.3) is 0 Å². The van der Waals surface area contributed by atoms with E-state index in [1.807, 2.05) is 0 Å². The third-order valence-electron chi connectivity index (χ3n) is 0. The monoisotopic (exact) mass is 373 g/mol. The molecule has 0 saturated heterocycles. The summed E-state index contributed by atoms with van der Waals surface area (Å²) in [4.78, 5) is 0. The molecule has 0 bridgehead atoms. The van der Waals surface area contributed by atoms with E-state index >= 15 is 0 Å². The molecule has 14 heavy (non-hydrogen) atoms. The van der Waals surface area contributed by atoms with Gasteiger partial charge < -0.3 is 25.5 Å². The Hall–Kier alpha value is 7.05. The molecule has 6 N–H and O–H groups in total. The van der Waals surface area contributed by atoms with Crippen LogP contribution in [0, 0.1) is 0 Å². The van der Waals surface area contributed by atoms with Gasteiger partial charge in [-0.05, 0) is 0 Å². The van der Waals surface area contributed by atoms with Crippen molar-refractivity contribution in [2.24, 2.45) is 0 Å². The molecule has 0 atom stereocenters. The summed E-state index contributed by atoms with van der Waals surface area (Å²) in [6, 6.07) is 0. The average Bonchev–Trinajstić information content (AvgIpc) is 0.722. The van der Waals surface area contributed by atoms with Crippen molar-refractivity contribution in [1.82, 2.24) is 0 Å². The van der Waals surface area contributed by atoms with Gasteiger partial charge in [-0.3, -0.25) is 8.42 Å². The van der Waals surface area contributed by atoms with Crippen molar-refractivity contribution >= 4 is 199 Å². The molecule has 0 aromatic carbocycles. The molecule has 7 nitrogen and oxygen atoms in total. The van der Waals surface area contributed by atoms with Crippen molar-refractivity contribution in [3.63, 3.8) is 0 Å². The van der Waals surface area contributed by atoms with E-state index in [0.717, 1.165) is 0 Å². The molecule has 0 aromatic heterocycles. The van der Waals surface area contributed by atoms with Gasteiger partial charge in [-0.1, -0.05) is 0 Å². The Balaban J connectivity index is -0.00000000222. The summed E-state index contributed by atoms with van der Waals surface area (Å²) in [6.07, 6.45) is 0. The third kappa shape index (κ3) is 125. The van der Waals surface area contributed by atoms with E-state index in [9.17, 15) is 0 Å². The topological polar surface area (TPSA) is 175 Å². The SMILES string of the molecule is O.O.O.O=S(=O)([O-])[O-].[Ca+2].[Ca+2].[Ca+2].[Ca+2].[Ca+2].[Na+]. The van der Waals surface area contributed by atoms with E-state index in [1.54, 1.807) is 0 Å². The fourth-order valence-corrected chi connectivity index (χ4v) is 0. The zero-order valence-corrected chi connectivity index (χ0v) is 21.9. The van der Waals surface area contributed by atoms with Gasteiger partial charge in [-0.25, -0.2) is 0 Å². The Bertz CT molecular complexity index is 105. The van der Waals surface area contributed by atoms with Gasteiger partial charge in [0.15, 0.2) is 0 Å². The van der Waals surface area contributed by atoms with Gasteiger partial charge in [-0.15, -0.1) is 0 Å². The van der Waals surface area contributed by atoms with Gasteiger partial charge in [0.1, 0.15) is 0 Å².